The number of carbonyl (C=O) groups excluding carboxylic acids is 1. The van der Waals surface area contributed by atoms with Crippen molar-refractivity contribution in [1.29, 1.82) is 0 Å². The number of benzene rings is 1. The van der Waals surface area contributed by atoms with E-state index >= 15 is 0 Å². The fourth-order valence-electron chi connectivity index (χ4n) is 4.76. The van der Waals surface area contributed by atoms with Gasteiger partial charge in [-0.2, -0.15) is 0 Å². The van der Waals surface area contributed by atoms with Gasteiger partial charge in [0.1, 0.15) is 23.0 Å². The molecule has 9 heteroatoms. The maximum Gasteiger partial charge on any atom is 0.256 e. The van der Waals surface area contributed by atoms with E-state index in [0.29, 0.717) is 37.8 Å². The summed E-state index contributed by atoms with van der Waals surface area (Å²) in [4.78, 5) is 32.9. The summed E-state index contributed by atoms with van der Waals surface area (Å²) in [6.07, 6.45) is 6.60. The summed E-state index contributed by atoms with van der Waals surface area (Å²) in [5.74, 6) is -1.28. The number of aromatic nitrogens is 2. The number of carbonyl (C=O) groups is 1. The lowest BCUT2D eigenvalue weighted by atomic mass is 9.98. The Morgan fingerprint density at radius 3 is 2.84 bits per heavy atom. The number of hydrogen-bond acceptors (Lipinski definition) is 5. The summed E-state index contributed by atoms with van der Waals surface area (Å²) >= 11 is 0. The Labute approximate surface area is 214 Å². The van der Waals surface area contributed by atoms with Gasteiger partial charge in [-0.05, 0) is 55.9 Å². The summed E-state index contributed by atoms with van der Waals surface area (Å²) in [6.45, 7) is 7.28. The highest BCUT2D eigenvalue weighted by Crippen LogP contribution is 2.24. The number of aliphatic hydroxyl groups is 1. The number of β-amino-alcohol motifs (C(OH)–C–C–N with tert-alkyl or cyclic N) is 1. The fourth-order valence-corrected chi connectivity index (χ4v) is 4.76. The van der Waals surface area contributed by atoms with Gasteiger partial charge in [0.25, 0.3) is 5.91 Å². The average Bonchev–Trinajstić information content (AvgIpc) is 2.88. The minimum Gasteiger partial charge on any atom is -0.391 e. The molecule has 1 aromatic carbocycles. The highest BCUT2D eigenvalue weighted by Gasteiger charge is 2.22. The molecule has 37 heavy (non-hydrogen) atoms. The second-order valence-electron chi connectivity index (χ2n) is 9.46. The molecular weight excluding hydrogens is 478 g/mol. The first-order valence-corrected chi connectivity index (χ1v) is 12.7. The second-order valence-corrected chi connectivity index (χ2v) is 9.46. The first-order chi connectivity index (χ1) is 17.8. The maximum absolute atomic E-state index is 14.9. The van der Waals surface area contributed by atoms with E-state index in [2.05, 4.69) is 23.8 Å². The summed E-state index contributed by atoms with van der Waals surface area (Å²) in [7, 11) is 0. The zero-order valence-corrected chi connectivity index (χ0v) is 20.9. The molecule has 1 saturated heterocycles. The molecule has 2 unspecified atom stereocenters. The molecule has 2 aromatic heterocycles. The van der Waals surface area contributed by atoms with Gasteiger partial charge in [0.2, 0.25) is 5.43 Å². The van der Waals surface area contributed by atoms with Crippen LogP contribution in [0, 0.1) is 17.6 Å². The summed E-state index contributed by atoms with van der Waals surface area (Å²) < 4.78 is 29.9. The van der Waals surface area contributed by atoms with Crippen LogP contribution in [0.3, 0.4) is 0 Å². The number of piperidine rings is 1. The molecule has 1 aliphatic rings. The zero-order valence-electron chi connectivity index (χ0n) is 20.9. The van der Waals surface area contributed by atoms with Gasteiger partial charge in [-0.3, -0.25) is 14.2 Å². The van der Waals surface area contributed by atoms with Crippen LogP contribution < -0.4 is 15.6 Å². The van der Waals surface area contributed by atoms with E-state index < -0.39 is 29.1 Å². The van der Waals surface area contributed by atoms with Crippen LogP contribution in [0.5, 0.6) is 0 Å². The molecule has 7 nitrogen and oxygen atoms in total. The number of pyridine rings is 2. The molecule has 4 rings (SSSR count). The van der Waals surface area contributed by atoms with Gasteiger partial charge in [0.05, 0.1) is 17.2 Å². The van der Waals surface area contributed by atoms with Crippen molar-refractivity contribution in [1.82, 2.24) is 14.9 Å². The molecule has 3 aromatic rings. The molecule has 0 radical (unpaired) electrons. The SMILES string of the molecule is C=CCC(CC)CCNC(=O)c1cn(-c2ccc(F)cc2F)c2nc(N3CCCC(O)C3)ccc2c1=O. The van der Waals surface area contributed by atoms with Gasteiger partial charge in [0, 0.05) is 31.9 Å². The van der Waals surface area contributed by atoms with Crippen LogP contribution in [0.1, 0.15) is 49.4 Å². The van der Waals surface area contributed by atoms with Crippen molar-refractivity contribution in [3.63, 3.8) is 0 Å². The van der Waals surface area contributed by atoms with Crippen molar-refractivity contribution in [3.8, 4) is 5.69 Å². The number of allylic oxidation sites excluding steroid dienone is 1. The molecule has 3 heterocycles. The molecule has 0 saturated carbocycles. The summed E-state index contributed by atoms with van der Waals surface area (Å²) in [5.41, 5.74) is -0.583. The van der Waals surface area contributed by atoms with Gasteiger partial charge in [-0.15, -0.1) is 6.58 Å². The van der Waals surface area contributed by atoms with E-state index in [4.69, 9.17) is 0 Å². The summed E-state index contributed by atoms with van der Waals surface area (Å²) in [6, 6.07) is 6.32. The lowest BCUT2D eigenvalue weighted by molar-refractivity contribution is 0.0949. The lowest BCUT2D eigenvalue weighted by Gasteiger charge is -2.31. The standard InChI is InChI=1S/C28H32F2N4O3/c1-3-6-18(4-2)12-13-31-28(37)22-17-34(24-10-8-19(29)15-23(24)30)27-21(26(22)36)9-11-25(32-27)33-14-5-7-20(35)16-33/h3,8-11,15,17-18,20,35H,1,4-7,12-14,16H2,2H3,(H,31,37). The number of nitrogens with zero attached hydrogens (tertiary/aromatic N) is 3. The molecule has 1 fully saturated rings. The third-order valence-corrected chi connectivity index (χ3v) is 6.89. The van der Waals surface area contributed by atoms with Gasteiger partial charge in [0.15, 0.2) is 5.65 Å². The number of anilines is 1. The molecule has 0 spiro atoms. The molecule has 0 bridgehead atoms. The Morgan fingerprint density at radius 1 is 1.32 bits per heavy atom. The van der Waals surface area contributed by atoms with Crippen molar-refractivity contribution in [2.45, 2.75) is 45.1 Å². The second kappa shape index (κ2) is 11.6. The number of aliphatic hydroxyl groups excluding tert-OH is 1. The number of rotatable bonds is 9. The van der Waals surface area contributed by atoms with Crippen LogP contribution in [0.2, 0.25) is 0 Å². The van der Waals surface area contributed by atoms with Crippen molar-refractivity contribution in [2.75, 3.05) is 24.5 Å². The molecule has 0 aliphatic carbocycles. The number of fused-ring (bicyclic) bond motifs is 1. The topological polar surface area (TPSA) is 87.5 Å². The van der Waals surface area contributed by atoms with Crippen molar-refractivity contribution in [2.24, 2.45) is 5.92 Å². The van der Waals surface area contributed by atoms with Crippen LogP contribution in [0.25, 0.3) is 16.7 Å². The van der Waals surface area contributed by atoms with Crippen LogP contribution in [-0.2, 0) is 0 Å². The van der Waals surface area contributed by atoms with Gasteiger partial charge in [-0.25, -0.2) is 13.8 Å². The normalized spacial score (nSPS) is 16.5. The highest BCUT2D eigenvalue weighted by molar-refractivity contribution is 5.97. The first kappa shape index (κ1) is 26.5. The molecule has 1 amide bonds. The molecule has 2 N–H and O–H groups in total. The number of halogens is 2. The largest absolute Gasteiger partial charge is 0.391 e. The number of amides is 1. The predicted octanol–water partition coefficient (Wildman–Crippen LogP) is 4.35. The van der Waals surface area contributed by atoms with Crippen molar-refractivity contribution >= 4 is 22.8 Å². The third kappa shape index (κ3) is 5.88. The van der Waals surface area contributed by atoms with E-state index in [1.165, 1.54) is 16.8 Å². The van der Waals surface area contributed by atoms with E-state index in [9.17, 15) is 23.5 Å². The highest BCUT2D eigenvalue weighted by atomic mass is 19.1. The number of nitrogens with one attached hydrogen (secondary N) is 1. The minimum atomic E-state index is -0.855. The smallest absolute Gasteiger partial charge is 0.256 e. The Balaban J connectivity index is 1.77. The summed E-state index contributed by atoms with van der Waals surface area (Å²) in [5, 5.41) is 13.0. The molecular formula is C28H32F2N4O3. The number of hydrogen-bond donors (Lipinski definition) is 2. The van der Waals surface area contributed by atoms with E-state index in [-0.39, 0.29) is 22.3 Å². The molecule has 1 aliphatic heterocycles. The minimum absolute atomic E-state index is 0.0409. The zero-order chi connectivity index (χ0) is 26.5. The van der Waals surface area contributed by atoms with E-state index in [1.54, 1.807) is 12.1 Å². The Morgan fingerprint density at radius 2 is 2.14 bits per heavy atom. The first-order valence-electron chi connectivity index (χ1n) is 12.7. The quantitative estimate of drug-likeness (QED) is 0.418. The van der Waals surface area contributed by atoms with Crippen LogP contribution in [-0.4, -0.2) is 46.3 Å². The van der Waals surface area contributed by atoms with Gasteiger partial charge >= 0.3 is 0 Å². The fraction of sp³-hybridized carbons (Fsp3) is 0.393. The van der Waals surface area contributed by atoms with Crippen molar-refractivity contribution in [3.05, 3.63) is 76.6 Å². The predicted molar refractivity (Wildman–Crippen MR) is 140 cm³/mol. The van der Waals surface area contributed by atoms with E-state index in [1.807, 2.05) is 11.0 Å². The lowest BCUT2D eigenvalue weighted by Crippen LogP contribution is -2.38. The van der Waals surface area contributed by atoms with E-state index in [0.717, 1.165) is 37.8 Å². The van der Waals surface area contributed by atoms with Crippen LogP contribution >= 0.6 is 0 Å². The molecule has 196 valence electrons. The van der Waals surface area contributed by atoms with Crippen molar-refractivity contribution < 1.29 is 18.7 Å². The Hall–Kier alpha value is -3.59. The van der Waals surface area contributed by atoms with Crippen LogP contribution in [0.4, 0.5) is 14.6 Å². The van der Waals surface area contributed by atoms with Crippen LogP contribution in [0.15, 0.2) is 54.0 Å². The monoisotopic (exact) mass is 510 g/mol. The Kier molecular flexibility index (Phi) is 8.33. The Bertz CT molecular complexity index is 1360. The molecule has 2 atom stereocenters. The van der Waals surface area contributed by atoms with Gasteiger partial charge in [-0.1, -0.05) is 19.4 Å². The van der Waals surface area contributed by atoms with Gasteiger partial charge < -0.3 is 15.3 Å². The third-order valence-electron chi connectivity index (χ3n) is 6.89. The average molecular weight is 511 g/mol. The maximum atomic E-state index is 14.9.